The summed E-state index contributed by atoms with van der Waals surface area (Å²) in [5, 5.41) is 5.79. The molecule has 0 spiro atoms. The topological polar surface area (TPSA) is 58.2 Å². The summed E-state index contributed by atoms with van der Waals surface area (Å²) >= 11 is 0. The summed E-state index contributed by atoms with van der Waals surface area (Å²) in [5.74, 6) is 0.173. The number of benzene rings is 1. The highest BCUT2D eigenvalue weighted by molar-refractivity contribution is 5.79. The highest BCUT2D eigenvalue weighted by Gasteiger charge is 2.20. The highest BCUT2D eigenvalue weighted by atomic mass is 16.2. The van der Waals surface area contributed by atoms with Crippen LogP contribution in [-0.4, -0.2) is 24.4 Å². The fourth-order valence-corrected chi connectivity index (χ4v) is 2.28. The first kappa shape index (κ1) is 13.6. The van der Waals surface area contributed by atoms with Crippen LogP contribution in [-0.2, 0) is 16.0 Å². The average molecular weight is 260 g/mol. The van der Waals surface area contributed by atoms with E-state index in [-0.39, 0.29) is 17.9 Å². The van der Waals surface area contributed by atoms with Crippen LogP contribution in [0.1, 0.15) is 31.2 Å². The standard InChI is InChI=1S/C15H20N2O2/c18-14(8-6-13-7-9-15(19)17-13)16-11-10-12-4-2-1-3-5-12/h1-5,13H,6-11H2,(H,16,18)(H,17,19). The molecular formula is C15H20N2O2. The Hall–Kier alpha value is -1.84. The predicted molar refractivity (Wildman–Crippen MR) is 73.6 cm³/mol. The van der Waals surface area contributed by atoms with E-state index in [0.29, 0.717) is 19.4 Å². The van der Waals surface area contributed by atoms with Crippen LogP contribution < -0.4 is 10.6 Å². The van der Waals surface area contributed by atoms with Crippen molar-refractivity contribution >= 4 is 11.8 Å². The van der Waals surface area contributed by atoms with Crippen LogP contribution in [0.25, 0.3) is 0 Å². The molecule has 2 N–H and O–H groups in total. The van der Waals surface area contributed by atoms with E-state index in [1.165, 1.54) is 5.56 Å². The van der Waals surface area contributed by atoms with Crippen LogP contribution in [0, 0.1) is 0 Å². The maximum absolute atomic E-state index is 11.6. The number of nitrogens with one attached hydrogen (secondary N) is 2. The Balaban J connectivity index is 1.58. The molecule has 1 heterocycles. The second-order valence-corrected chi connectivity index (χ2v) is 4.93. The molecule has 1 aliphatic heterocycles. The van der Waals surface area contributed by atoms with Gasteiger partial charge in [0.1, 0.15) is 0 Å². The number of rotatable bonds is 6. The van der Waals surface area contributed by atoms with E-state index in [1.54, 1.807) is 0 Å². The summed E-state index contributed by atoms with van der Waals surface area (Å²) in [6.45, 7) is 0.667. The number of carbonyl (C=O) groups excluding carboxylic acids is 2. The molecule has 4 heteroatoms. The lowest BCUT2D eigenvalue weighted by Crippen LogP contribution is -2.30. The molecule has 1 aliphatic rings. The van der Waals surface area contributed by atoms with Gasteiger partial charge in [-0.2, -0.15) is 0 Å². The van der Waals surface area contributed by atoms with Crippen molar-refractivity contribution in [2.45, 2.75) is 38.1 Å². The summed E-state index contributed by atoms with van der Waals surface area (Å²) in [7, 11) is 0. The van der Waals surface area contributed by atoms with E-state index >= 15 is 0 Å². The number of hydrogen-bond acceptors (Lipinski definition) is 2. The largest absolute Gasteiger partial charge is 0.356 e. The Labute approximate surface area is 113 Å². The predicted octanol–water partition coefficient (Wildman–Crippen LogP) is 1.40. The van der Waals surface area contributed by atoms with Crippen molar-refractivity contribution in [2.24, 2.45) is 0 Å². The lowest BCUT2D eigenvalue weighted by molar-refractivity contribution is -0.122. The summed E-state index contributed by atoms with van der Waals surface area (Å²) in [6, 6.07) is 10.3. The van der Waals surface area contributed by atoms with Gasteiger partial charge in [-0.05, 0) is 24.8 Å². The van der Waals surface area contributed by atoms with Gasteiger partial charge in [-0.3, -0.25) is 9.59 Å². The normalized spacial score (nSPS) is 18.1. The molecule has 0 aliphatic carbocycles. The Morgan fingerprint density at radius 2 is 2.11 bits per heavy atom. The molecule has 0 saturated carbocycles. The van der Waals surface area contributed by atoms with Crippen molar-refractivity contribution in [1.29, 1.82) is 0 Å². The van der Waals surface area contributed by atoms with Crippen LogP contribution in [0.2, 0.25) is 0 Å². The number of amides is 2. The van der Waals surface area contributed by atoms with E-state index in [4.69, 9.17) is 0 Å². The first-order chi connectivity index (χ1) is 9.24. The molecule has 0 radical (unpaired) electrons. The van der Waals surface area contributed by atoms with E-state index in [9.17, 15) is 9.59 Å². The molecule has 2 amide bonds. The maximum Gasteiger partial charge on any atom is 0.220 e. The van der Waals surface area contributed by atoms with Crippen LogP contribution in [0.4, 0.5) is 0 Å². The van der Waals surface area contributed by atoms with E-state index < -0.39 is 0 Å². The van der Waals surface area contributed by atoms with Crippen molar-refractivity contribution in [3.63, 3.8) is 0 Å². The van der Waals surface area contributed by atoms with Gasteiger partial charge in [-0.25, -0.2) is 0 Å². The minimum atomic E-state index is 0.0667. The third kappa shape index (κ3) is 4.73. The molecule has 1 atom stereocenters. The third-order valence-corrected chi connectivity index (χ3v) is 3.38. The van der Waals surface area contributed by atoms with Crippen molar-refractivity contribution < 1.29 is 9.59 Å². The Morgan fingerprint density at radius 3 is 2.79 bits per heavy atom. The van der Waals surface area contributed by atoms with Crippen LogP contribution in [0.15, 0.2) is 30.3 Å². The molecular weight excluding hydrogens is 240 g/mol. The minimum Gasteiger partial charge on any atom is -0.356 e. The maximum atomic E-state index is 11.6. The lowest BCUT2D eigenvalue weighted by Gasteiger charge is -2.09. The molecule has 0 bridgehead atoms. The average Bonchev–Trinajstić information content (AvgIpc) is 2.83. The van der Waals surface area contributed by atoms with Gasteiger partial charge in [0.15, 0.2) is 0 Å². The highest BCUT2D eigenvalue weighted by Crippen LogP contribution is 2.11. The molecule has 0 aromatic heterocycles. The summed E-state index contributed by atoms with van der Waals surface area (Å²) in [6.07, 6.45) is 3.53. The Morgan fingerprint density at radius 1 is 1.32 bits per heavy atom. The van der Waals surface area contributed by atoms with E-state index in [2.05, 4.69) is 22.8 Å². The third-order valence-electron chi connectivity index (χ3n) is 3.38. The second-order valence-electron chi connectivity index (χ2n) is 4.93. The molecule has 1 saturated heterocycles. The molecule has 1 fully saturated rings. The van der Waals surface area contributed by atoms with Crippen molar-refractivity contribution in [1.82, 2.24) is 10.6 Å². The van der Waals surface area contributed by atoms with Gasteiger partial charge in [0.05, 0.1) is 0 Å². The van der Waals surface area contributed by atoms with Gasteiger partial charge in [-0.15, -0.1) is 0 Å². The monoisotopic (exact) mass is 260 g/mol. The fraction of sp³-hybridized carbons (Fsp3) is 0.467. The molecule has 2 rings (SSSR count). The Kier molecular flexibility index (Phi) is 4.95. The molecule has 1 unspecified atom stereocenters. The van der Waals surface area contributed by atoms with Crippen molar-refractivity contribution in [3.8, 4) is 0 Å². The molecule has 1 aromatic carbocycles. The van der Waals surface area contributed by atoms with Crippen LogP contribution in [0.5, 0.6) is 0 Å². The van der Waals surface area contributed by atoms with Crippen LogP contribution in [0.3, 0.4) is 0 Å². The van der Waals surface area contributed by atoms with Gasteiger partial charge in [-0.1, -0.05) is 30.3 Å². The SMILES string of the molecule is O=C(CCC1CCC(=O)N1)NCCc1ccccc1. The summed E-state index contributed by atoms with van der Waals surface area (Å²) < 4.78 is 0. The first-order valence-electron chi connectivity index (χ1n) is 6.84. The summed E-state index contributed by atoms with van der Waals surface area (Å²) in [5.41, 5.74) is 1.23. The first-order valence-corrected chi connectivity index (χ1v) is 6.84. The molecule has 4 nitrogen and oxygen atoms in total. The zero-order chi connectivity index (χ0) is 13.5. The zero-order valence-electron chi connectivity index (χ0n) is 11.0. The fourth-order valence-electron chi connectivity index (χ4n) is 2.28. The van der Waals surface area contributed by atoms with Gasteiger partial charge in [0.25, 0.3) is 0 Å². The Bertz CT molecular complexity index is 431. The summed E-state index contributed by atoms with van der Waals surface area (Å²) in [4.78, 5) is 22.7. The van der Waals surface area contributed by atoms with Crippen molar-refractivity contribution in [2.75, 3.05) is 6.54 Å². The number of hydrogen-bond donors (Lipinski definition) is 2. The van der Waals surface area contributed by atoms with E-state index in [1.807, 2.05) is 18.2 Å². The van der Waals surface area contributed by atoms with Crippen LogP contribution >= 0.6 is 0 Å². The lowest BCUT2D eigenvalue weighted by atomic mass is 10.1. The smallest absolute Gasteiger partial charge is 0.220 e. The zero-order valence-corrected chi connectivity index (χ0v) is 11.0. The van der Waals surface area contributed by atoms with Crippen molar-refractivity contribution in [3.05, 3.63) is 35.9 Å². The quantitative estimate of drug-likeness (QED) is 0.812. The minimum absolute atomic E-state index is 0.0667. The van der Waals surface area contributed by atoms with Gasteiger partial charge in [0, 0.05) is 25.4 Å². The molecule has 1 aromatic rings. The van der Waals surface area contributed by atoms with Gasteiger partial charge >= 0.3 is 0 Å². The van der Waals surface area contributed by atoms with Gasteiger partial charge in [0.2, 0.25) is 11.8 Å². The van der Waals surface area contributed by atoms with Gasteiger partial charge < -0.3 is 10.6 Å². The second kappa shape index (κ2) is 6.92. The number of carbonyl (C=O) groups is 2. The molecule has 102 valence electrons. The van der Waals surface area contributed by atoms with E-state index in [0.717, 1.165) is 19.3 Å². The molecule has 19 heavy (non-hydrogen) atoms.